The largest absolute Gasteiger partial charge is 0.368 e. The highest BCUT2D eigenvalue weighted by Gasteiger charge is 2.27. The molecule has 6 heteroatoms. The van der Waals surface area contributed by atoms with E-state index in [0.717, 1.165) is 11.3 Å². The van der Waals surface area contributed by atoms with Gasteiger partial charge in [-0.25, -0.2) is 0 Å². The third-order valence-electron chi connectivity index (χ3n) is 3.62. The third-order valence-corrected chi connectivity index (χ3v) is 3.62. The summed E-state index contributed by atoms with van der Waals surface area (Å²) < 4.78 is 5.72. The summed E-state index contributed by atoms with van der Waals surface area (Å²) in [7, 11) is 0. The summed E-state index contributed by atoms with van der Waals surface area (Å²) in [5.41, 5.74) is 1.90. The number of nitrogens with zero attached hydrogens (tertiary/aromatic N) is 2. The number of pyridine rings is 2. The molecule has 1 amide bonds. The van der Waals surface area contributed by atoms with E-state index in [0.29, 0.717) is 25.4 Å². The molecule has 0 saturated carbocycles. The van der Waals surface area contributed by atoms with Crippen molar-refractivity contribution in [2.45, 2.75) is 13.0 Å². The van der Waals surface area contributed by atoms with Crippen LogP contribution in [0.3, 0.4) is 0 Å². The molecule has 2 aromatic heterocycles. The fourth-order valence-electron chi connectivity index (χ4n) is 2.43. The van der Waals surface area contributed by atoms with Crippen molar-refractivity contribution in [3.63, 3.8) is 0 Å². The Hall–Kier alpha value is -2.47. The van der Waals surface area contributed by atoms with Crippen LogP contribution in [-0.4, -0.2) is 40.5 Å². The average molecular weight is 299 g/mol. The Labute approximate surface area is 127 Å². The zero-order valence-corrected chi connectivity index (χ0v) is 12.3. The van der Waals surface area contributed by atoms with E-state index in [2.05, 4.69) is 9.97 Å². The molecule has 1 saturated heterocycles. The van der Waals surface area contributed by atoms with Crippen LogP contribution >= 0.6 is 0 Å². The highest BCUT2D eigenvalue weighted by Crippen LogP contribution is 2.21. The van der Waals surface area contributed by atoms with Gasteiger partial charge in [0, 0.05) is 18.8 Å². The number of hydrogen-bond acceptors (Lipinski definition) is 4. The third kappa shape index (κ3) is 3.07. The molecule has 2 aromatic rings. The van der Waals surface area contributed by atoms with Crippen molar-refractivity contribution in [3.05, 3.63) is 63.8 Å². The van der Waals surface area contributed by atoms with Gasteiger partial charge in [0.05, 0.1) is 18.8 Å². The van der Waals surface area contributed by atoms with Gasteiger partial charge in [0.2, 0.25) is 5.56 Å². The minimum absolute atomic E-state index is 0.196. The van der Waals surface area contributed by atoms with Gasteiger partial charge < -0.3 is 14.6 Å². The molecule has 1 atom stereocenters. The van der Waals surface area contributed by atoms with Crippen molar-refractivity contribution in [2.75, 3.05) is 19.7 Å². The minimum Gasteiger partial charge on any atom is -0.368 e. The monoisotopic (exact) mass is 299 g/mol. The van der Waals surface area contributed by atoms with Gasteiger partial charge in [0.25, 0.3) is 5.91 Å². The summed E-state index contributed by atoms with van der Waals surface area (Å²) in [6.07, 6.45) is 1.54. The first-order valence-corrected chi connectivity index (χ1v) is 7.16. The molecule has 0 radical (unpaired) electrons. The predicted molar refractivity (Wildman–Crippen MR) is 80.6 cm³/mol. The maximum Gasteiger partial charge on any atom is 0.270 e. The standard InChI is InChI=1S/C16H17N3O3/c1-11-5-6-12(17-9-11)14-10-19(7-8-22-14)16(21)13-3-2-4-15(20)18-13/h2-6,9,14H,7-8,10H2,1H3,(H,18,20). The second-order valence-corrected chi connectivity index (χ2v) is 5.30. The Balaban J connectivity index is 1.76. The van der Waals surface area contributed by atoms with Crippen molar-refractivity contribution in [1.82, 2.24) is 14.9 Å². The summed E-state index contributed by atoms with van der Waals surface area (Å²) in [5.74, 6) is -0.196. The Morgan fingerprint density at radius 1 is 1.36 bits per heavy atom. The van der Waals surface area contributed by atoms with E-state index in [-0.39, 0.29) is 17.6 Å². The molecule has 1 unspecified atom stereocenters. The van der Waals surface area contributed by atoms with Crippen molar-refractivity contribution < 1.29 is 9.53 Å². The number of amides is 1. The highest BCUT2D eigenvalue weighted by atomic mass is 16.5. The summed E-state index contributed by atoms with van der Waals surface area (Å²) >= 11 is 0. The molecule has 1 N–H and O–H groups in total. The van der Waals surface area contributed by atoms with Gasteiger partial charge >= 0.3 is 0 Å². The van der Waals surface area contributed by atoms with E-state index in [9.17, 15) is 9.59 Å². The maximum absolute atomic E-state index is 12.5. The molecule has 0 aromatic carbocycles. The smallest absolute Gasteiger partial charge is 0.270 e. The summed E-state index contributed by atoms with van der Waals surface area (Å²) in [6.45, 7) is 3.34. The molecular formula is C16H17N3O3. The summed E-state index contributed by atoms with van der Waals surface area (Å²) in [4.78, 5) is 32.4. The number of rotatable bonds is 2. The van der Waals surface area contributed by atoms with Gasteiger partial charge in [-0.3, -0.25) is 14.6 Å². The summed E-state index contributed by atoms with van der Waals surface area (Å²) in [6, 6.07) is 8.46. The molecule has 0 bridgehead atoms. The summed E-state index contributed by atoms with van der Waals surface area (Å²) in [5, 5.41) is 0. The Bertz CT molecular complexity index is 724. The number of aromatic amines is 1. The number of ether oxygens (including phenoxy) is 1. The normalized spacial score (nSPS) is 18.2. The van der Waals surface area contributed by atoms with Crippen molar-refractivity contribution in [3.8, 4) is 0 Å². The molecule has 3 heterocycles. The first kappa shape index (κ1) is 14.5. The lowest BCUT2D eigenvalue weighted by atomic mass is 10.1. The average Bonchev–Trinajstić information content (AvgIpc) is 2.55. The van der Waals surface area contributed by atoms with Gasteiger partial charge in [0.15, 0.2) is 0 Å². The van der Waals surface area contributed by atoms with Crippen LogP contribution in [0.1, 0.15) is 27.8 Å². The lowest BCUT2D eigenvalue weighted by molar-refractivity contribution is -0.0249. The van der Waals surface area contributed by atoms with Crippen LogP contribution in [0.4, 0.5) is 0 Å². The van der Waals surface area contributed by atoms with Crippen LogP contribution < -0.4 is 5.56 Å². The molecule has 0 spiro atoms. The zero-order chi connectivity index (χ0) is 15.5. The van der Waals surface area contributed by atoms with E-state index >= 15 is 0 Å². The first-order chi connectivity index (χ1) is 10.6. The quantitative estimate of drug-likeness (QED) is 0.906. The number of hydrogen-bond donors (Lipinski definition) is 1. The topological polar surface area (TPSA) is 75.3 Å². The van der Waals surface area contributed by atoms with E-state index in [1.807, 2.05) is 19.1 Å². The van der Waals surface area contributed by atoms with Crippen molar-refractivity contribution in [1.29, 1.82) is 0 Å². The lowest BCUT2D eigenvalue weighted by Gasteiger charge is -2.32. The van der Waals surface area contributed by atoms with Crippen LogP contribution in [0.25, 0.3) is 0 Å². The number of nitrogens with one attached hydrogen (secondary N) is 1. The predicted octanol–water partition coefficient (Wildman–Crippen LogP) is 1.29. The van der Waals surface area contributed by atoms with E-state index in [1.54, 1.807) is 23.2 Å². The van der Waals surface area contributed by atoms with Gasteiger partial charge in [-0.1, -0.05) is 12.1 Å². The van der Waals surface area contributed by atoms with Crippen molar-refractivity contribution >= 4 is 5.91 Å². The highest BCUT2D eigenvalue weighted by molar-refractivity contribution is 5.92. The van der Waals surface area contributed by atoms with Gasteiger partial charge in [-0.2, -0.15) is 0 Å². The van der Waals surface area contributed by atoms with Crippen LogP contribution in [0.2, 0.25) is 0 Å². The van der Waals surface area contributed by atoms with E-state index < -0.39 is 0 Å². The zero-order valence-electron chi connectivity index (χ0n) is 12.3. The molecule has 22 heavy (non-hydrogen) atoms. The lowest BCUT2D eigenvalue weighted by Crippen LogP contribution is -2.43. The maximum atomic E-state index is 12.5. The molecular weight excluding hydrogens is 282 g/mol. The minimum atomic E-state index is -0.282. The Morgan fingerprint density at radius 2 is 2.23 bits per heavy atom. The first-order valence-electron chi connectivity index (χ1n) is 7.16. The van der Waals surface area contributed by atoms with Crippen molar-refractivity contribution in [2.24, 2.45) is 0 Å². The number of morpholine rings is 1. The molecule has 3 rings (SSSR count). The molecule has 1 aliphatic rings. The number of aromatic nitrogens is 2. The van der Waals surface area contributed by atoms with Gasteiger partial charge in [-0.15, -0.1) is 0 Å². The van der Waals surface area contributed by atoms with Gasteiger partial charge in [-0.05, 0) is 24.6 Å². The van der Waals surface area contributed by atoms with Crippen LogP contribution in [0.5, 0.6) is 0 Å². The second kappa shape index (κ2) is 6.11. The number of aryl methyl sites for hydroxylation is 1. The van der Waals surface area contributed by atoms with Crippen LogP contribution in [0, 0.1) is 6.92 Å². The van der Waals surface area contributed by atoms with Crippen LogP contribution in [-0.2, 0) is 4.74 Å². The Kier molecular flexibility index (Phi) is 4.02. The Morgan fingerprint density at radius 3 is 2.95 bits per heavy atom. The van der Waals surface area contributed by atoms with Crippen LogP contribution in [0.15, 0.2) is 41.3 Å². The fraction of sp³-hybridized carbons (Fsp3) is 0.312. The molecule has 0 aliphatic carbocycles. The SMILES string of the molecule is Cc1ccc(C2CN(C(=O)c3cccc(=O)[nH]3)CCO2)nc1. The number of carbonyl (C=O) groups is 1. The van der Waals surface area contributed by atoms with E-state index in [4.69, 9.17) is 4.74 Å². The number of carbonyl (C=O) groups excluding carboxylic acids is 1. The number of H-pyrrole nitrogens is 1. The molecule has 1 fully saturated rings. The molecule has 1 aliphatic heterocycles. The fourth-order valence-corrected chi connectivity index (χ4v) is 2.43. The van der Waals surface area contributed by atoms with E-state index in [1.165, 1.54) is 6.07 Å². The molecule has 6 nitrogen and oxygen atoms in total. The molecule has 114 valence electrons. The van der Waals surface area contributed by atoms with Gasteiger partial charge in [0.1, 0.15) is 11.8 Å². The second-order valence-electron chi connectivity index (χ2n) is 5.30.